The molecule has 2 nitrogen and oxygen atoms in total. The van der Waals surface area contributed by atoms with Crippen molar-refractivity contribution in [3.8, 4) is 0 Å². The van der Waals surface area contributed by atoms with Gasteiger partial charge in [0.2, 0.25) is 0 Å². The number of amides is 1. The first-order valence-corrected chi connectivity index (χ1v) is 6.76. The van der Waals surface area contributed by atoms with E-state index in [0.717, 1.165) is 17.7 Å². The van der Waals surface area contributed by atoms with Gasteiger partial charge in [-0.15, -0.1) is 0 Å². The Balaban J connectivity index is 2.40. The quantitative estimate of drug-likeness (QED) is 0.812. The Morgan fingerprint density at radius 2 is 1.80 bits per heavy atom. The Hall–Kier alpha value is -2.35. The summed E-state index contributed by atoms with van der Waals surface area (Å²) in [5.74, 6) is -0.0126. The summed E-state index contributed by atoms with van der Waals surface area (Å²) in [5.41, 5.74) is 3.66. The van der Waals surface area contributed by atoms with E-state index in [1.807, 2.05) is 49.5 Å². The maximum Gasteiger partial charge on any atom is 0.258 e. The van der Waals surface area contributed by atoms with E-state index in [9.17, 15) is 4.79 Å². The summed E-state index contributed by atoms with van der Waals surface area (Å²) < 4.78 is 0. The molecule has 2 aromatic carbocycles. The second-order valence-electron chi connectivity index (χ2n) is 4.64. The Morgan fingerprint density at radius 3 is 2.50 bits per heavy atom. The minimum atomic E-state index is -0.0126. The molecule has 0 aliphatic rings. The minimum absolute atomic E-state index is 0.0126. The largest absolute Gasteiger partial charge is 0.311 e. The monoisotopic (exact) mass is 265 g/mol. The minimum Gasteiger partial charge on any atom is -0.311 e. The summed E-state index contributed by atoms with van der Waals surface area (Å²) in [6.07, 6.45) is 2.61. The fraction of sp³-hybridized carbons (Fsp3) is 0.167. The molecule has 0 atom stereocenters. The summed E-state index contributed by atoms with van der Waals surface area (Å²) in [4.78, 5) is 14.4. The van der Waals surface area contributed by atoms with Crippen molar-refractivity contribution in [1.29, 1.82) is 0 Å². The average molecular weight is 265 g/mol. The molecule has 2 aromatic rings. The molecule has 0 radical (unpaired) electrons. The van der Waals surface area contributed by atoms with Crippen LogP contribution in [0.15, 0.2) is 55.1 Å². The van der Waals surface area contributed by atoms with Crippen LogP contribution in [0.5, 0.6) is 0 Å². The maximum absolute atomic E-state index is 12.7. The van der Waals surface area contributed by atoms with Gasteiger partial charge in [0, 0.05) is 18.3 Å². The van der Waals surface area contributed by atoms with Gasteiger partial charge in [-0.2, -0.15) is 0 Å². The number of para-hydroxylation sites is 1. The molecule has 0 saturated heterocycles. The second kappa shape index (κ2) is 6.20. The van der Waals surface area contributed by atoms with E-state index in [1.165, 1.54) is 5.56 Å². The lowest BCUT2D eigenvalue weighted by atomic mass is 10.0. The summed E-state index contributed by atoms with van der Waals surface area (Å²) in [6, 6.07) is 15.5. The molecular weight excluding hydrogens is 246 g/mol. The van der Waals surface area contributed by atoms with Crippen molar-refractivity contribution in [3.05, 3.63) is 71.8 Å². The van der Waals surface area contributed by atoms with Gasteiger partial charge < -0.3 is 4.90 Å². The highest BCUT2D eigenvalue weighted by molar-refractivity contribution is 6.08. The van der Waals surface area contributed by atoms with Gasteiger partial charge in [-0.25, -0.2) is 0 Å². The number of rotatable bonds is 4. The number of anilines is 1. The summed E-state index contributed by atoms with van der Waals surface area (Å²) in [7, 11) is 1.82. The van der Waals surface area contributed by atoms with Crippen LogP contribution in [-0.4, -0.2) is 13.0 Å². The Kier molecular flexibility index (Phi) is 4.36. The van der Waals surface area contributed by atoms with Crippen LogP contribution in [0.4, 0.5) is 5.69 Å². The van der Waals surface area contributed by atoms with Crippen molar-refractivity contribution < 1.29 is 4.79 Å². The molecule has 0 bridgehead atoms. The van der Waals surface area contributed by atoms with Crippen molar-refractivity contribution in [3.63, 3.8) is 0 Å². The van der Waals surface area contributed by atoms with E-state index in [4.69, 9.17) is 0 Å². The van der Waals surface area contributed by atoms with Gasteiger partial charge in [0.05, 0.1) is 0 Å². The van der Waals surface area contributed by atoms with Gasteiger partial charge in [0.15, 0.2) is 0 Å². The highest BCUT2D eigenvalue weighted by Crippen LogP contribution is 2.22. The molecule has 1 amide bonds. The van der Waals surface area contributed by atoms with E-state index in [2.05, 4.69) is 19.6 Å². The fourth-order valence-corrected chi connectivity index (χ4v) is 2.30. The standard InChI is InChI=1S/C18H19NO/c1-4-14-10-6-8-12-16(14)18(20)19(3)17-13-9-7-11-15(17)5-2/h4,6-13H,1,5H2,2-3H3. The van der Waals surface area contributed by atoms with Crippen LogP contribution in [0.3, 0.4) is 0 Å². The van der Waals surface area contributed by atoms with Crippen LogP contribution in [-0.2, 0) is 6.42 Å². The zero-order chi connectivity index (χ0) is 14.5. The number of carbonyl (C=O) groups is 1. The molecule has 0 N–H and O–H groups in total. The molecule has 2 heteroatoms. The van der Waals surface area contributed by atoms with Gasteiger partial charge in [-0.05, 0) is 29.7 Å². The molecule has 20 heavy (non-hydrogen) atoms. The van der Waals surface area contributed by atoms with Crippen LogP contribution >= 0.6 is 0 Å². The number of benzene rings is 2. The molecule has 0 spiro atoms. The zero-order valence-electron chi connectivity index (χ0n) is 12.0. The van der Waals surface area contributed by atoms with Crippen molar-refractivity contribution >= 4 is 17.7 Å². The van der Waals surface area contributed by atoms with Gasteiger partial charge in [-0.3, -0.25) is 4.79 Å². The average Bonchev–Trinajstić information content (AvgIpc) is 2.53. The molecule has 0 aromatic heterocycles. The lowest BCUT2D eigenvalue weighted by molar-refractivity contribution is 0.0992. The van der Waals surface area contributed by atoms with E-state index >= 15 is 0 Å². The highest BCUT2D eigenvalue weighted by Gasteiger charge is 2.17. The Labute approximate surface area is 120 Å². The fourth-order valence-electron chi connectivity index (χ4n) is 2.30. The normalized spacial score (nSPS) is 10.1. The van der Waals surface area contributed by atoms with Crippen molar-refractivity contribution in [2.24, 2.45) is 0 Å². The van der Waals surface area contributed by atoms with Crippen LogP contribution in [0, 0.1) is 0 Å². The van der Waals surface area contributed by atoms with Gasteiger partial charge in [-0.1, -0.05) is 56.0 Å². The smallest absolute Gasteiger partial charge is 0.258 e. The number of nitrogens with zero attached hydrogens (tertiary/aromatic N) is 1. The number of aryl methyl sites for hydroxylation is 1. The van der Waals surface area contributed by atoms with E-state index in [0.29, 0.717) is 5.56 Å². The Morgan fingerprint density at radius 1 is 1.15 bits per heavy atom. The molecule has 0 fully saturated rings. The van der Waals surface area contributed by atoms with Gasteiger partial charge in [0.25, 0.3) is 5.91 Å². The third-order valence-electron chi connectivity index (χ3n) is 3.45. The van der Waals surface area contributed by atoms with Crippen molar-refractivity contribution in [2.45, 2.75) is 13.3 Å². The number of hydrogen-bond donors (Lipinski definition) is 0. The van der Waals surface area contributed by atoms with E-state index in [-0.39, 0.29) is 5.91 Å². The van der Waals surface area contributed by atoms with Crippen molar-refractivity contribution in [2.75, 3.05) is 11.9 Å². The van der Waals surface area contributed by atoms with E-state index < -0.39 is 0 Å². The van der Waals surface area contributed by atoms with Crippen LogP contribution in [0.1, 0.15) is 28.4 Å². The van der Waals surface area contributed by atoms with Crippen molar-refractivity contribution in [1.82, 2.24) is 0 Å². The van der Waals surface area contributed by atoms with Crippen LogP contribution in [0.2, 0.25) is 0 Å². The second-order valence-corrected chi connectivity index (χ2v) is 4.64. The lowest BCUT2D eigenvalue weighted by Gasteiger charge is -2.21. The molecule has 102 valence electrons. The number of carbonyl (C=O) groups excluding carboxylic acids is 1. The SMILES string of the molecule is C=Cc1ccccc1C(=O)N(C)c1ccccc1CC. The lowest BCUT2D eigenvalue weighted by Crippen LogP contribution is -2.27. The Bertz CT molecular complexity index is 631. The predicted octanol–water partition coefficient (Wildman–Crippen LogP) is 4.17. The predicted molar refractivity (Wildman–Crippen MR) is 85.1 cm³/mol. The topological polar surface area (TPSA) is 20.3 Å². The summed E-state index contributed by atoms with van der Waals surface area (Å²) >= 11 is 0. The molecule has 0 heterocycles. The molecule has 0 aliphatic heterocycles. The maximum atomic E-state index is 12.7. The summed E-state index contributed by atoms with van der Waals surface area (Å²) in [6.45, 7) is 5.86. The van der Waals surface area contributed by atoms with Crippen LogP contribution < -0.4 is 4.90 Å². The summed E-state index contributed by atoms with van der Waals surface area (Å²) in [5, 5.41) is 0. The first kappa shape index (κ1) is 14.1. The molecule has 0 unspecified atom stereocenters. The molecular formula is C18H19NO. The number of hydrogen-bond acceptors (Lipinski definition) is 1. The van der Waals surface area contributed by atoms with Crippen LogP contribution in [0.25, 0.3) is 6.08 Å². The molecule has 2 rings (SSSR count). The third kappa shape index (κ3) is 2.64. The van der Waals surface area contributed by atoms with Gasteiger partial charge >= 0.3 is 0 Å². The third-order valence-corrected chi connectivity index (χ3v) is 3.45. The van der Waals surface area contributed by atoms with Gasteiger partial charge in [0.1, 0.15) is 0 Å². The molecule has 0 saturated carbocycles. The zero-order valence-corrected chi connectivity index (χ0v) is 12.0. The highest BCUT2D eigenvalue weighted by atomic mass is 16.2. The molecule has 0 aliphatic carbocycles. The first-order chi connectivity index (χ1) is 9.69. The first-order valence-electron chi connectivity index (χ1n) is 6.76. The van der Waals surface area contributed by atoms with E-state index in [1.54, 1.807) is 11.0 Å².